The molecule has 2 aromatic heterocycles. The number of fused-ring (bicyclic) bond motifs is 1. The summed E-state index contributed by atoms with van der Waals surface area (Å²) in [5.74, 6) is 0.142. The van der Waals surface area contributed by atoms with Crippen LogP contribution >= 0.6 is 0 Å². The highest BCUT2D eigenvalue weighted by Crippen LogP contribution is 2.27. The van der Waals surface area contributed by atoms with Gasteiger partial charge in [0, 0.05) is 37.4 Å². The van der Waals surface area contributed by atoms with E-state index in [0.717, 1.165) is 25.0 Å². The molecule has 0 aliphatic carbocycles. The van der Waals surface area contributed by atoms with Gasteiger partial charge in [-0.3, -0.25) is 9.59 Å². The zero-order valence-corrected chi connectivity index (χ0v) is 17.1. The molecule has 0 saturated carbocycles. The van der Waals surface area contributed by atoms with Gasteiger partial charge >= 0.3 is 0 Å². The molecule has 5 nitrogen and oxygen atoms in total. The predicted octanol–water partition coefficient (Wildman–Crippen LogP) is 4.13. The minimum atomic E-state index is -0.220. The molecular weight excluding hydrogens is 362 g/mol. The van der Waals surface area contributed by atoms with E-state index in [1.807, 2.05) is 47.6 Å². The van der Waals surface area contributed by atoms with Gasteiger partial charge in [-0.15, -0.1) is 0 Å². The second-order valence-corrected chi connectivity index (χ2v) is 7.84. The van der Waals surface area contributed by atoms with E-state index in [1.165, 1.54) is 5.56 Å². The van der Waals surface area contributed by atoms with Crippen LogP contribution in [0.5, 0.6) is 0 Å². The highest BCUT2D eigenvalue weighted by atomic mass is 16.2. The Labute approximate surface area is 171 Å². The quantitative estimate of drug-likeness (QED) is 0.677. The minimum Gasteiger partial charge on any atom is -0.338 e. The average molecular weight is 389 g/mol. The predicted molar refractivity (Wildman–Crippen MR) is 115 cm³/mol. The Morgan fingerprint density at radius 2 is 1.93 bits per heavy atom. The standard InChI is InChI=1S/C24H27N3O2/c1-3-26-16-21(22(28)20-13-12-17(2)25-23(20)26)24(29)27-14-8-7-11-19(15-27)18-9-5-4-6-10-18/h4-6,9-10,12-13,16,19H,3,7-8,11,14-15H2,1-2H3. The molecule has 1 aliphatic rings. The lowest BCUT2D eigenvalue weighted by atomic mass is 9.94. The maximum Gasteiger partial charge on any atom is 0.259 e. The van der Waals surface area contributed by atoms with Crippen LogP contribution in [0.15, 0.2) is 53.5 Å². The number of likely N-dealkylation sites (tertiary alicyclic amines) is 1. The van der Waals surface area contributed by atoms with Gasteiger partial charge in [0.2, 0.25) is 5.43 Å². The summed E-state index contributed by atoms with van der Waals surface area (Å²) in [6.45, 7) is 5.90. The van der Waals surface area contributed by atoms with E-state index in [-0.39, 0.29) is 16.9 Å². The fourth-order valence-corrected chi connectivity index (χ4v) is 4.25. The fourth-order valence-electron chi connectivity index (χ4n) is 4.25. The van der Waals surface area contributed by atoms with Gasteiger partial charge in [-0.1, -0.05) is 36.8 Å². The summed E-state index contributed by atoms with van der Waals surface area (Å²) in [5.41, 5.74) is 2.79. The second-order valence-electron chi connectivity index (χ2n) is 7.84. The van der Waals surface area contributed by atoms with E-state index in [9.17, 15) is 9.59 Å². The van der Waals surface area contributed by atoms with Crippen LogP contribution in [0.3, 0.4) is 0 Å². The zero-order valence-electron chi connectivity index (χ0n) is 17.1. The Kier molecular flexibility index (Phi) is 5.47. The van der Waals surface area contributed by atoms with E-state index < -0.39 is 0 Å². The molecular formula is C24H27N3O2. The second kappa shape index (κ2) is 8.19. The van der Waals surface area contributed by atoms with Gasteiger partial charge in [-0.05, 0) is 44.4 Å². The normalized spacial score (nSPS) is 17.3. The van der Waals surface area contributed by atoms with Crippen molar-refractivity contribution in [3.63, 3.8) is 0 Å². The minimum absolute atomic E-state index is 0.164. The maximum atomic E-state index is 13.4. The van der Waals surface area contributed by atoms with Gasteiger partial charge in [0.05, 0.1) is 5.39 Å². The fraction of sp³-hybridized carbons (Fsp3) is 0.375. The molecule has 5 heteroatoms. The van der Waals surface area contributed by atoms with E-state index in [2.05, 4.69) is 17.1 Å². The third-order valence-electron chi connectivity index (χ3n) is 5.86. The van der Waals surface area contributed by atoms with Crippen molar-refractivity contribution in [2.75, 3.05) is 13.1 Å². The van der Waals surface area contributed by atoms with Gasteiger partial charge in [0.15, 0.2) is 0 Å². The van der Waals surface area contributed by atoms with Crippen molar-refractivity contribution in [3.05, 3.63) is 75.7 Å². The van der Waals surface area contributed by atoms with Crippen molar-refractivity contribution in [1.29, 1.82) is 0 Å². The molecule has 1 amide bonds. The first-order chi connectivity index (χ1) is 14.1. The first-order valence-electron chi connectivity index (χ1n) is 10.4. The largest absolute Gasteiger partial charge is 0.338 e. The van der Waals surface area contributed by atoms with Crippen molar-refractivity contribution < 1.29 is 4.79 Å². The number of nitrogens with zero attached hydrogens (tertiary/aromatic N) is 3. The van der Waals surface area contributed by atoms with Crippen LogP contribution in [0.25, 0.3) is 11.0 Å². The first kappa shape index (κ1) is 19.4. The lowest BCUT2D eigenvalue weighted by Gasteiger charge is -2.25. The number of aromatic nitrogens is 2. The summed E-state index contributed by atoms with van der Waals surface area (Å²) in [7, 11) is 0. The molecule has 1 atom stereocenters. The molecule has 0 bridgehead atoms. The van der Waals surface area contributed by atoms with Crippen LogP contribution in [0.2, 0.25) is 0 Å². The van der Waals surface area contributed by atoms with Gasteiger partial charge in [0.1, 0.15) is 11.2 Å². The maximum absolute atomic E-state index is 13.4. The van der Waals surface area contributed by atoms with Crippen LogP contribution in [0.4, 0.5) is 0 Å². The average Bonchev–Trinajstić information content (AvgIpc) is 3.00. The Morgan fingerprint density at radius 3 is 2.69 bits per heavy atom. The van der Waals surface area contributed by atoms with Crippen molar-refractivity contribution in [2.45, 2.75) is 45.6 Å². The Bertz CT molecular complexity index is 1090. The molecule has 29 heavy (non-hydrogen) atoms. The zero-order chi connectivity index (χ0) is 20.4. The smallest absolute Gasteiger partial charge is 0.259 e. The van der Waals surface area contributed by atoms with Gasteiger partial charge < -0.3 is 9.47 Å². The lowest BCUT2D eigenvalue weighted by Crippen LogP contribution is -2.37. The molecule has 1 aromatic carbocycles. The molecule has 1 unspecified atom stereocenters. The third-order valence-corrected chi connectivity index (χ3v) is 5.86. The summed E-state index contributed by atoms with van der Waals surface area (Å²) >= 11 is 0. The summed E-state index contributed by atoms with van der Waals surface area (Å²) < 4.78 is 1.91. The third kappa shape index (κ3) is 3.82. The number of carbonyl (C=O) groups excluding carboxylic acids is 1. The molecule has 3 aromatic rings. The molecule has 0 N–H and O–H groups in total. The van der Waals surface area contributed by atoms with Crippen LogP contribution in [-0.4, -0.2) is 33.4 Å². The van der Waals surface area contributed by atoms with Crippen LogP contribution in [0.1, 0.15) is 53.7 Å². The number of pyridine rings is 2. The topological polar surface area (TPSA) is 55.2 Å². The van der Waals surface area contributed by atoms with E-state index in [0.29, 0.717) is 36.6 Å². The number of rotatable bonds is 3. The number of hydrogen-bond donors (Lipinski definition) is 0. The monoisotopic (exact) mass is 389 g/mol. The van der Waals surface area contributed by atoms with Crippen LogP contribution in [0, 0.1) is 6.92 Å². The van der Waals surface area contributed by atoms with E-state index in [4.69, 9.17) is 0 Å². The van der Waals surface area contributed by atoms with Crippen molar-refractivity contribution in [2.24, 2.45) is 0 Å². The summed E-state index contributed by atoms with van der Waals surface area (Å²) in [4.78, 5) is 32.9. The van der Waals surface area contributed by atoms with Crippen molar-refractivity contribution in [1.82, 2.24) is 14.5 Å². The molecule has 1 fully saturated rings. The molecule has 1 aliphatic heterocycles. The first-order valence-corrected chi connectivity index (χ1v) is 10.4. The van der Waals surface area contributed by atoms with E-state index >= 15 is 0 Å². The molecule has 0 radical (unpaired) electrons. The number of benzene rings is 1. The number of carbonyl (C=O) groups is 1. The molecule has 1 saturated heterocycles. The van der Waals surface area contributed by atoms with Crippen molar-refractivity contribution in [3.8, 4) is 0 Å². The van der Waals surface area contributed by atoms with Crippen molar-refractivity contribution >= 4 is 16.9 Å². The van der Waals surface area contributed by atoms with Gasteiger partial charge in [-0.2, -0.15) is 0 Å². The van der Waals surface area contributed by atoms with E-state index in [1.54, 1.807) is 12.3 Å². The summed E-state index contributed by atoms with van der Waals surface area (Å²) in [6.07, 6.45) is 4.81. The number of aryl methyl sites for hydroxylation is 2. The Morgan fingerprint density at radius 1 is 1.14 bits per heavy atom. The Hall–Kier alpha value is -2.95. The molecule has 3 heterocycles. The SMILES string of the molecule is CCn1cc(C(=O)N2CCCCC(c3ccccc3)C2)c(=O)c2ccc(C)nc21. The number of hydrogen-bond acceptors (Lipinski definition) is 3. The van der Waals surface area contributed by atoms with Crippen LogP contribution < -0.4 is 5.43 Å². The number of amides is 1. The summed E-state index contributed by atoms with van der Waals surface area (Å²) in [6, 6.07) is 14.0. The lowest BCUT2D eigenvalue weighted by molar-refractivity contribution is 0.0752. The highest BCUT2D eigenvalue weighted by molar-refractivity contribution is 5.97. The molecule has 0 spiro atoms. The highest BCUT2D eigenvalue weighted by Gasteiger charge is 2.26. The molecule has 150 valence electrons. The Balaban J connectivity index is 1.71. The van der Waals surface area contributed by atoms with Crippen LogP contribution in [-0.2, 0) is 6.54 Å². The van der Waals surface area contributed by atoms with Gasteiger partial charge in [-0.25, -0.2) is 4.98 Å². The molecule has 4 rings (SSSR count). The summed E-state index contributed by atoms with van der Waals surface area (Å²) in [5, 5.41) is 0.512. The van der Waals surface area contributed by atoms with Gasteiger partial charge in [0.25, 0.3) is 5.91 Å².